The topological polar surface area (TPSA) is 87.5 Å². The van der Waals surface area contributed by atoms with Gasteiger partial charge in [0.2, 0.25) is 5.43 Å². The molecule has 2 rings (SSSR count). The van der Waals surface area contributed by atoms with Gasteiger partial charge >= 0.3 is 5.97 Å². The number of rotatable bonds is 7. The maximum atomic E-state index is 12.5. The fraction of sp³-hybridized carbons (Fsp3) is 0.412. The first-order valence-corrected chi connectivity index (χ1v) is 10.6. The number of Topliss-reactive ketones (excluding diaryl/α,β-unsaturated/α-hetero) is 1. The molecule has 2 aromatic rings. The van der Waals surface area contributed by atoms with E-state index in [0.29, 0.717) is 17.5 Å². The quantitative estimate of drug-likeness (QED) is 0.319. The van der Waals surface area contributed by atoms with Crippen LogP contribution in [0.25, 0.3) is 10.9 Å². The van der Waals surface area contributed by atoms with Crippen molar-refractivity contribution >= 4 is 32.7 Å². The molecule has 0 aliphatic heterocycles. The van der Waals surface area contributed by atoms with Gasteiger partial charge in [-0.25, -0.2) is 19.5 Å². The predicted octanol–water partition coefficient (Wildman–Crippen LogP) is 1.42. The molecule has 1 aromatic carbocycles. The molecule has 25 heavy (non-hydrogen) atoms. The van der Waals surface area contributed by atoms with Crippen molar-refractivity contribution in [1.29, 1.82) is 0 Å². The summed E-state index contributed by atoms with van der Waals surface area (Å²) in [4.78, 5) is 36.0. The van der Waals surface area contributed by atoms with Gasteiger partial charge in [-0.05, 0) is 30.9 Å². The molecule has 0 saturated heterocycles. The summed E-state index contributed by atoms with van der Waals surface area (Å²) in [6.07, 6.45) is 6.57. The lowest BCUT2D eigenvalue weighted by atomic mass is 10.1. The summed E-state index contributed by atoms with van der Waals surface area (Å²) in [6.45, 7) is 0.624. The standard InChI is InChI=1S/C17H22N2O5S/c1-23-17(22)16(21)14-15(20)12-7-5-6-8-13(12)19(18-14)11-24-9-10-25(2,3)4/h5-8H,9-11H2,1-4H3. The van der Waals surface area contributed by atoms with Crippen molar-refractivity contribution < 1.29 is 19.1 Å². The zero-order valence-corrected chi connectivity index (χ0v) is 15.6. The van der Waals surface area contributed by atoms with E-state index >= 15 is 0 Å². The van der Waals surface area contributed by atoms with Crippen molar-refractivity contribution in [1.82, 2.24) is 9.78 Å². The minimum Gasteiger partial charge on any atom is -0.463 e. The number of para-hydroxylation sites is 1. The van der Waals surface area contributed by atoms with Gasteiger partial charge in [0.05, 0.1) is 19.2 Å². The van der Waals surface area contributed by atoms with Crippen LogP contribution < -0.4 is 5.43 Å². The first-order chi connectivity index (χ1) is 11.7. The van der Waals surface area contributed by atoms with Crippen LogP contribution in [0.4, 0.5) is 0 Å². The molecule has 0 atom stereocenters. The molecule has 0 aliphatic rings. The molecule has 1 aromatic heterocycles. The Morgan fingerprint density at radius 1 is 1.20 bits per heavy atom. The molecular weight excluding hydrogens is 344 g/mol. The van der Waals surface area contributed by atoms with Crippen molar-refractivity contribution in [3.05, 3.63) is 40.2 Å². The van der Waals surface area contributed by atoms with Crippen molar-refractivity contribution in [3.8, 4) is 0 Å². The molecule has 0 amide bonds. The Balaban J connectivity index is 2.38. The average molecular weight is 366 g/mol. The van der Waals surface area contributed by atoms with Crippen LogP contribution in [0.2, 0.25) is 0 Å². The van der Waals surface area contributed by atoms with Gasteiger partial charge in [-0.15, -0.1) is 0 Å². The van der Waals surface area contributed by atoms with Gasteiger partial charge in [0.15, 0.2) is 5.69 Å². The van der Waals surface area contributed by atoms with E-state index in [2.05, 4.69) is 28.6 Å². The van der Waals surface area contributed by atoms with Crippen molar-refractivity contribution in [2.24, 2.45) is 0 Å². The Bertz CT molecular complexity index is 854. The Kier molecular flexibility index (Phi) is 5.97. The molecule has 0 saturated carbocycles. The van der Waals surface area contributed by atoms with Crippen molar-refractivity contribution in [2.45, 2.75) is 6.73 Å². The maximum absolute atomic E-state index is 12.5. The molecule has 0 bridgehead atoms. The molecule has 136 valence electrons. The molecule has 1 heterocycles. The number of hydrogen-bond acceptors (Lipinski definition) is 6. The second kappa shape index (κ2) is 7.79. The lowest BCUT2D eigenvalue weighted by Gasteiger charge is -2.24. The maximum Gasteiger partial charge on any atom is 0.381 e. The number of methoxy groups -OCH3 is 1. The summed E-state index contributed by atoms with van der Waals surface area (Å²) in [6, 6.07) is 6.75. The third kappa shape index (κ3) is 4.67. The Morgan fingerprint density at radius 3 is 2.52 bits per heavy atom. The summed E-state index contributed by atoms with van der Waals surface area (Å²) >= 11 is 0. The molecule has 0 unspecified atom stereocenters. The third-order valence-corrected chi connectivity index (χ3v) is 4.89. The minimum atomic E-state index is -1.12. The third-order valence-electron chi connectivity index (χ3n) is 3.50. The van der Waals surface area contributed by atoms with E-state index in [1.54, 1.807) is 24.3 Å². The molecule has 0 fully saturated rings. The number of ketones is 1. The van der Waals surface area contributed by atoms with E-state index < -0.39 is 32.9 Å². The SMILES string of the molecule is COC(=O)C(=O)c1nn(COCCS(C)(C)C)c2ccccc2c1=O. The van der Waals surface area contributed by atoms with Gasteiger partial charge in [-0.2, -0.15) is 5.10 Å². The Hall–Kier alpha value is -2.19. The van der Waals surface area contributed by atoms with E-state index in [9.17, 15) is 14.4 Å². The molecule has 0 spiro atoms. The summed E-state index contributed by atoms with van der Waals surface area (Å²) in [7, 11) is 0.397. The van der Waals surface area contributed by atoms with E-state index in [4.69, 9.17) is 4.74 Å². The van der Waals surface area contributed by atoms with Gasteiger partial charge < -0.3 is 9.47 Å². The van der Waals surface area contributed by atoms with Gasteiger partial charge in [0.25, 0.3) is 5.78 Å². The molecular formula is C17H22N2O5S. The van der Waals surface area contributed by atoms with Crippen molar-refractivity contribution in [3.63, 3.8) is 0 Å². The highest BCUT2D eigenvalue weighted by molar-refractivity contribution is 8.32. The smallest absolute Gasteiger partial charge is 0.381 e. The number of nitrogens with zero attached hydrogens (tertiary/aromatic N) is 2. The zero-order chi connectivity index (χ0) is 18.6. The minimum absolute atomic E-state index is 0.0811. The van der Waals surface area contributed by atoms with Gasteiger partial charge in [0.1, 0.15) is 6.73 Å². The summed E-state index contributed by atoms with van der Waals surface area (Å²) in [5, 5.41) is 4.34. The van der Waals surface area contributed by atoms with Crippen LogP contribution in [0.3, 0.4) is 0 Å². The van der Waals surface area contributed by atoms with Crippen LogP contribution in [0, 0.1) is 0 Å². The van der Waals surface area contributed by atoms with Crippen LogP contribution in [0.15, 0.2) is 29.1 Å². The fourth-order valence-corrected chi connectivity index (χ4v) is 2.75. The number of ether oxygens (including phenoxy) is 2. The van der Waals surface area contributed by atoms with Gasteiger partial charge in [-0.1, -0.05) is 12.1 Å². The summed E-state index contributed by atoms with van der Waals surface area (Å²) in [5.41, 5.74) is -0.519. The molecule has 0 N–H and O–H groups in total. The summed E-state index contributed by atoms with van der Waals surface area (Å²) in [5.74, 6) is -1.26. The van der Waals surface area contributed by atoms with Crippen LogP contribution >= 0.6 is 10.0 Å². The average Bonchev–Trinajstić information content (AvgIpc) is 2.58. The second-order valence-corrected chi connectivity index (χ2v) is 10.9. The highest BCUT2D eigenvalue weighted by atomic mass is 32.3. The first-order valence-electron chi connectivity index (χ1n) is 7.61. The molecule has 7 nitrogen and oxygen atoms in total. The fourth-order valence-electron chi connectivity index (χ4n) is 2.13. The number of esters is 1. The van der Waals surface area contributed by atoms with E-state index in [1.807, 2.05) is 0 Å². The lowest BCUT2D eigenvalue weighted by molar-refractivity contribution is -0.135. The number of carbonyl (C=O) groups is 2. The van der Waals surface area contributed by atoms with Gasteiger partial charge in [0, 0.05) is 11.1 Å². The highest BCUT2D eigenvalue weighted by Gasteiger charge is 2.24. The van der Waals surface area contributed by atoms with Crippen molar-refractivity contribution in [2.75, 3.05) is 38.2 Å². The first kappa shape index (κ1) is 19.1. The molecule has 0 radical (unpaired) electrons. The molecule has 0 aliphatic carbocycles. The largest absolute Gasteiger partial charge is 0.463 e. The van der Waals surface area contributed by atoms with E-state index in [0.717, 1.165) is 12.9 Å². The summed E-state index contributed by atoms with van der Waals surface area (Å²) < 4.78 is 11.5. The van der Waals surface area contributed by atoms with Crippen LogP contribution in [0.1, 0.15) is 10.5 Å². The second-order valence-electron chi connectivity index (χ2n) is 6.35. The van der Waals surface area contributed by atoms with E-state index in [1.165, 1.54) is 4.68 Å². The molecule has 8 heteroatoms. The lowest BCUT2D eigenvalue weighted by Crippen LogP contribution is -2.28. The number of carbonyl (C=O) groups excluding carboxylic acids is 2. The number of hydrogen-bond donors (Lipinski definition) is 0. The predicted molar refractivity (Wildman–Crippen MR) is 98.5 cm³/mol. The monoisotopic (exact) mass is 366 g/mol. The van der Waals surface area contributed by atoms with Crippen LogP contribution in [0.5, 0.6) is 0 Å². The van der Waals surface area contributed by atoms with Gasteiger partial charge in [-0.3, -0.25) is 9.59 Å². The number of aromatic nitrogens is 2. The number of benzene rings is 1. The Labute approximate surface area is 147 Å². The highest BCUT2D eigenvalue weighted by Crippen LogP contribution is 2.33. The van der Waals surface area contributed by atoms with Crippen LogP contribution in [-0.4, -0.2) is 59.8 Å². The zero-order valence-electron chi connectivity index (χ0n) is 14.8. The normalized spacial score (nSPS) is 12.2. The number of fused-ring (bicyclic) bond motifs is 1. The van der Waals surface area contributed by atoms with E-state index in [-0.39, 0.29) is 6.73 Å². The van der Waals surface area contributed by atoms with Crippen LogP contribution in [-0.2, 0) is 21.0 Å². The Morgan fingerprint density at radius 2 is 1.88 bits per heavy atom.